The van der Waals surface area contributed by atoms with Gasteiger partial charge in [0.2, 0.25) is 0 Å². The summed E-state index contributed by atoms with van der Waals surface area (Å²) >= 11 is 0. The Labute approximate surface area is 82.0 Å². The maximum atomic E-state index is 11.2. The summed E-state index contributed by atoms with van der Waals surface area (Å²) in [5.74, 6) is -0.438. The third-order valence-electron chi connectivity index (χ3n) is 1.61. The lowest BCUT2D eigenvalue weighted by Gasteiger charge is -1.96. The van der Waals surface area contributed by atoms with Gasteiger partial charge in [0.05, 0.1) is 12.8 Å². The van der Waals surface area contributed by atoms with Crippen LogP contribution in [-0.2, 0) is 11.3 Å². The number of rotatable bonds is 5. The van der Waals surface area contributed by atoms with E-state index < -0.39 is 5.97 Å². The van der Waals surface area contributed by atoms with Gasteiger partial charge in [-0.2, -0.15) is 0 Å². The van der Waals surface area contributed by atoms with Gasteiger partial charge in [0, 0.05) is 6.54 Å². The van der Waals surface area contributed by atoms with Crippen LogP contribution in [0.4, 0.5) is 0 Å². The molecule has 6 nitrogen and oxygen atoms in total. The molecule has 2 N–H and O–H groups in total. The third-order valence-corrected chi connectivity index (χ3v) is 1.61. The van der Waals surface area contributed by atoms with Gasteiger partial charge in [-0.05, 0) is 19.9 Å². The molecule has 0 spiro atoms. The number of aryl methyl sites for hydroxylation is 1. The van der Waals surface area contributed by atoms with E-state index in [1.54, 1.807) is 17.8 Å². The van der Waals surface area contributed by atoms with Gasteiger partial charge >= 0.3 is 5.97 Å². The largest absolute Gasteiger partial charge is 0.461 e. The summed E-state index contributed by atoms with van der Waals surface area (Å²) in [4.78, 5) is 11.2. The van der Waals surface area contributed by atoms with E-state index in [2.05, 4.69) is 10.3 Å². The Hall–Kier alpha value is -1.43. The van der Waals surface area contributed by atoms with Crippen molar-refractivity contribution in [2.75, 3.05) is 13.2 Å². The normalized spacial score (nSPS) is 10.1. The molecule has 1 rings (SSSR count). The number of hydrogen-bond acceptors (Lipinski definition) is 5. The van der Waals surface area contributed by atoms with Crippen LogP contribution in [0, 0.1) is 0 Å². The van der Waals surface area contributed by atoms with Crippen molar-refractivity contribution in [3.8, 4) is 0 Å². The van der Waals surface area contributed by atoms with Crippen LogP contribution in [0.2, 0.25) is 0 Å². The second kappa shape index (κ2) is 5.33. The lowest BCUT2D eigenvalue weighted by Crippen LogP contribution is -2.06. The molecule has 1 aromatic rings. The van der Waals surface area contributed by atoms with Crippen LogP contribution in [0.1, 0.15) is 23.8 Å². The first-order valence-corrected chi connectivity index (χ1v) is 4.55. The molecular weight excluding hydrogens is 184 g/mol. The van der Waals surface area contributed by atoms with Crippen LogP contribution in [-0.4, -0.2) is 34.1 Å². The van der Waals surface area contributed by atoms with Gasteiger partial charge < -0.3 is 10.5 Å². The number of carbonyl (C=O) groups is 1. The van der Waals surface area contributed by atoms with Crippen LogP contribution in [0.5, 0.6) is 0 Å². The number of ether oxygens (including phenoxy) is 1. The molecule has 6 heteroatoms. The summed E-state index contributed by atoms with van der Waals surface area (Å²) in [7, 11) is 0. The van der Waals surface area contributed by atoms with Gasteiger partial charge in [0.25, 0.3) is 0 Å². The first kappa shape index (κ1) is 10.6. The third kappa shape index (κ3) is 2.81. The molecule has 0 aliphatic rings. The van der Waals surface area contributed by atoms with E-state index in [1.165, 1.54) is 0 Å². The Kier molecular flexibility index (Phi) is 4.06. The fourth-order valence-electron chi connectivity index (χ4n) is 0.960. The molecular formula is C8H14N4O2. The second-order valence-corrected chi connectivity index (χ2v) is 2.73. The van der Waals surface area contributed by atoms with E-state index >= 15 is 0 Å². The van der Waals surface area contributed by atoms with Gasteiger partial charge in [-0.25, -0.2) is 4.79 Å². The average molecular weight is 198 g/mol. The van der Waals surface area contributed by atoms with Crippen LogP contribution < -0.4 is 5.73 Å². The monoisotopic (exact) mass is 198 g/mol. The second-order valence-electron chi connectivity index (χ2n) is 2.73. The summed E-state index contributed by atoms with van der Waals surface area (Å²) in [6.45, 7) is 3.35. The van der Waals surface area contributed by atoms with Crippen molar-refractivity contribution < 1.29 is 9.53 Å². The number of carbonyl (C=O) groups excluding carboxylic acids is 1. The predicted octanol–water partition coefficient (Wildman–Crippen LogP) is -0.196. The first-order valence-electron chi connectivity index (χ1n) is 4.55. The molecule has 0 fully saturated rings. The van der Waals surface area contributed by atoms with E-state index in [4.69, 9.17) is 10.5 Å². The minimum atomic E-state index is -0.438. The minimum absolute atomic E-state index is 0.240. The number of nitrogens with zero attached hydrogens (tertiary/aromatic N) is 3. The van der Waals surface area contributed by atoms with Crippen LogP contribution >= 0.6 is 0 Å². The fourth-order valence-corrected chi connectivity index (χ4v) is 0.960. The highest BCUT2D eigenvalue weighted by molar-refractivity contribution is 5.86. The molecule has 0 amide bonds. The van der Waals surface area contributed by atoms with Crippen LogP contribution in [0.3, 0.4) is 0 Å². The summed E-state index contributed by atoms with van der Waals surface area (Å²) in [6.07, 6.45) is 2.37. The van der Waals surface area contributed by atoms with Gasteiger partial charge in [-0.15, -0.1) is 5.10 Å². The number of aromatic nitrogens is 3. The van der Waals surface area contributed by atoms with Crippen molar-refractivity contribution in [2.45, 2.75) is 19.9 Å². The summed E-state index contributed by atoms with van der Waals surface area (Å²) < 4.78 is 6.35. The topological polar surface area (TPSA) is 83.0 Å². The van der Waals surface area contributed by atoms with Crippen molar-refractivity contribution in [1.29, 1.82) is 0 Å². The Morgan fingerprint density at radius 3 is 3.14 bits per heavy atom. The van der Waals surface area contributed by atoms with Gasteiger partial charge in [0.15, 0.2) is 5.69 Å². The van der Waals surface area contributed by atoms with Crippen LogP contribution in [0.25, 0.3) is 0 Å². The zero-order valence-corrected chi connectivity index (χ0v) is 8.14. The summed E-state index contributed by atoms with van der Waals surface area (Å²) in [5.41, 5.74) is 5.58. The molecule has 0 aromatic carbocycles. The van der Waals surface area contributed by atoms with E-state index in [0.717, 1.165) is 6.42 Å². The quantitative estimate of drug-likeness (QED) is 0.662. The molecule has 0 saturated carbocycles. The molecule has 0 atom stereocenters. The highest BCUT2D eigenvalue weighted by atomic mass is 16.5. The lowest BCUT2D eigenvalue weighted by atomic mass is 10.4. The number of hydrogen-bond donors (Lipinski definition) is 1. The maximum Gasteiger partial charge on any atom is 0.360 e. The molecule has 0 unspecified atom stereocenters. The molecule has 14 heavy (non-hydrogen) atoms. The van der Waals surface area contributed by atoms with E-state index in [1.807, 2.05) is 0 Å². The van der Waals surface area contributed by atoms with Crippen molar-refractivity contribution in [3.63, 3.8) is 0 Å². The molecule has 0 saturated heterocycles. The minimum Gasteiger partial charge on any atom is -0.461 e. The van der Waals surface area contributed by atoms with Gasteiger partial charge in [0.1, 0.15) is 0 Å². The summed E-state index contributed by atoms with van der Waals surface area (Å²) in [5, 5.41) is 7.45. The fraction of sp³-hybridized carbons (Fsp3) is 0.625. The lowest BCUT2D eigenvalue weighted by molar-refractivity contribution is 0.0519. The molecule has 0 bridgehead atoms. The Morgan fingerprint density at radius 1 is 1.71 bits per heavy atom. The molecule has 0 aliphatic heterocycles. The smallest absolute Gasteiger partial charge is 0.360 e. The first-order chi connectivity index (χ1) is 6.77. The van der Waals surface area contributed by atoms with Crippen molar-refractivity contribution in [3.05, 3.63) is 11.9 Å². The van der Waals surface area contributed by atoms with E-state index in [9.17, 15) is 4.79 Å². The molecule has 0 aliphatic carbocycles. The molecule has 1 heterocycles. The Bertz CT molecular complexity index is 297. The average Bonchev–Trinajstić information content (AvgIpc) is 2.63. The van der Waals surface area contributed by atoms with E-state index in [0.29, 0.717) is 19.7 Å². The molecule has 78 valence electrons. The van der Waals surface area contributed by atoms with Crippen LogP contribution in [0.15, 0.2) is 6.20 Å². The number of esters is 1. The summed E-state index contributed by atoms with van der Waals surface area (Å²) in [6, 6.07) is 0. The molecule has 0 radical (unpaired) electrons. The van der Waals surface area contributed by atoms with Gasteiger partial charge in [-0.1, -0.05) is 5.21 Å². The zero-order chi connectivity index (χ0) is 10.4. The SMILES string of the molecule is CCOC(=O)c1cn(CCCN)nn1. The highest BCUT2D eigenvalue weighted by Crippen LogP contribution is 1.97. The highest BCUT2D eigenvalue weighted by Gasteiger charge is 2.10. The predicted molar refractivity (Wildman–Crippen MR) is 49.6 cm³/mol. The van der Waals surface area contributed by atoms with Crippen molar-refractivity contribution >= 4 is 5.97 Å². The standard InChI is InChI=1S/C8H14N4O2/c1-2-14-8(13)7-6-12(11-10-7)5-3-4-9/h6H,2-5,9H2,1H3. The van der Waals surface area contributed by atoms with Gasteiger partial charge in [-0.3, -0.25) is 4.68 Å². The van der Waals surface area contributed by atoms with Crippen molar-refractivity contribution in [1.82, 2.24) is 15.0 Å². The van der Waals surface area contributed by atoms with E-state index in [-0.39, 0.29) is 5.69 Å². The zero-order valence-electron chi connectivity index (χ0n) is 8.14. The number of nitrogens with two attached hydrogens (primary N) is 1. The maximum absolute atomic E-state index is 11.2. The molecule has 1 aromatic heterocycles. The Balaban J connectivity index is 2.54. The van der Waals surface area contributed by atoms with Crippen molar-refractivity contribution in [2.24, 2.45) is 5.73 Å². The Morgan fingerprint density at radius 2 is 2.50 bits per heavy atom.